The van der Waals surface area contributed by atoms with Crippen LogP contribution in [0.15, 0.2) is 47.0 Å². The van der Waals surface area contributed by atoms with Crippen molar-refractivity contribution in [1.82, 2.24) is 15.0 Å². The number of nitrogen functional groups attached to an aromatic ring is 1. The number of hydrogen-bond donors (Lipinski definition) is 2. The molecule has 1 aromatic carbocycles. The van der Waals surface area contributed by atoms with E-state index in [4.69, 9.17) is 10.5 Å². The molecule has 0 amide bonds. The summed E-state index contributed by atoms with van der Waals surface area (Å²) in [5.41, 5.74) is 7.78. The number of nitrogens with zero attached hydrogens (tertiary/aromatic N) is 4. The zero-order chi connectivity index (χ0) is 18.6. The number of anilines is 2. The lowest BCUT2D eigenvalue weighted by atomic mass is 10.2. The Hall–Kier alpha value is -3.21. The molecule has 0 spiro atoms. The van der Waals surface area contributed by atoms with Crippen molar-refractivity contribution in [3.05, 3.63) is 53.2 Å². The van der Waals surface area contributed by atoms with Crippen molar-refractivity contribution in [1.29, 1.82) is 0 Å². The predicted molar refractivity (Wildman–Crippen MR) is 91.3 cm³/mol. The summed E-state index contributed by atoms with van der Waals surface area (Å²) in [7, 11) is 0. The van der Waals surface area contributed by atoms with Crippen LogP contribution in [0.1, 0.15) is 11.3 Å². The van der Waals surface area contributed by atoms with Crippen LogP contribution in [0.4, 0.5) is 24.1 Å². The van der Waals surface area contributed by atoms with Crippen molar-refractivity contribution >= 4 is 28.5 Å². The Balaban J connectivity index is 1.69. The van der Waals surface area contributed by atoms with Crippen LogP contribution in [0.2, 0.25) is 0 Å². The molecule has 3 aromatic rings. The molecule has 2 heterocycles. The molecule has 0 aliphatic rings. The second-order valence-electron chi connectivity index (χ2n) is 4.84. The molecule has 2 aromatic heterocycles. The Labute approximate surface area is 149 Å². The molecule has 0 radical (unpaired) electrons. The number of nitrogens with two attached hydrogens (primary N) is 1. The van der Waals surface area contributed by atoms with E-state index in [0.29, 0.717) is 16.5 Å². The molecule has 0 saturated heterocycles. The van der Waals surface area contributed by atoms with Crippen LogP contribution in [-0.2, 0) is 6.18 Å². The molecule has 0 fully saturated rings. The second-order valence-corrected chi connectivity index (χ2v) is 5.70. The maximum atomic E-state index is 12.7. The van der Waals surface area contributed by atoms with Crippen molar-refractivity contribution < 1.29 is 17.9 Å². The summed E-state index contributed by atoms with van der Waals surface area (Å²) in [5.74, 6) is 0.663. The van der Waals surface area contributed by atoms with E-state index in [0.717, 1.165) is 12.3 Å². The average Bonchev–Trinajstić information content (AvgIpc) is 3.00. The van der Waals surface area contributed by atoms with Crippen LogP contribution in [-0.4, -0.2) is 21.2 Å². The van der Waals surface area contributed by atoms with Crippen molar-refractivity contribution in [3.8, 4) is 11.8 Å². The van der Waals surface area contributed by atoms with E-state index < -0.39 is 17.9 Å². The molecule has 11 heteroatoms. The number of alkyl halides is 3. The third kappa shape index (κ3) is 4.66. The lowest BCUT2D eigenvalue weighted by Gasteiger charge is -2.08. The fourth-order valence-electron chi connectivity index (χ4n) is 1.81. The molecular weight excluding hydrogens is 369 g/mol. The lowest BCUT2D eigenvalue weighted by Crippen LogP contribution is -2.08. The maximum absolute atomic E-state index is 12.7. The number of ether oxygens (including phenoxy) is 1. The quantitative estimate of drug-likeness (QED) is 0.516. The summed E-state index contributed by atoms with van der Waals surface area (Å²) in [6, 6.07) is 6.91. The first-order valence-corrected chi connectivity index (χ1v) is 7.96. The summed E-state index contributed by atoms with van der Waals surface area (Å²) in [6.45, 7) is 0. The molecule has 0 unspecified atom stereocenters. The zero-order valence-corrected chi connectivity index (χ0v) is 13.8. The topological polar surface area (TPSA) is 98.3 Å². The highest BCUT2D eigenvalue weighted by atomic mass is 32.1. The van der Waals surface area contributed by atoms with Crippen LogP contribution in [0, 0.1) is 0 Å². The monoisotopic (exact) mass is 380 g/mol. The van der Waals surface area contributed by atoms with E-state index in [9.17, 15) is 13.2 Å². The lowest BCUT2D eigenvalue weighted by molar-refractivity contribution is -0.141. The molecule has 26 heavy (non-hydrogen) atoms. The van der Waals surface area contributed by atoms with Gasteiger partial charge in [0.25, 0.3) is 0 Å². The van der Waals surface area contributed by atoms with Gasteiger partial charge in [0.2, 0.25) is 5.13 Å². The summed E-state index contributed by atoms with van der Waals surface area (Å²) < 4.78 is 43.3. The molecule has 0 atom stereocenters. The van der Waals surface area contributed by atoms with Gasteiger partial charge in [0, 0.05) is 11.6 Å². The van der Waals surface area contributed by atoms with Crippen LogP contribution < -0.4 is 15.9 Å². The van der Waals surface area contributed by atoms with Gasteiger partial charge < -0.3 is 10.5 Å². The first kappa shape index (κ1) is 17.6. The minimum Gasteiger partial charge on any atom is -0.424 e. The SMILES string of the molecule is Nc1csc(NN=Cc2cccc(Oc3nccc(C(F)(F)F)n3)c2)n1. The van der Waals surface area contributed by atoms with Gasteiger partial charge in [-0.25, -0.2) is 9.97 Å². The number of thiazole rings is 1. The fourth-order valence-corrected chi connectivity index (χ4v) is 2.36. The first-order valence-electron chi connectivity index (χ1n) is 7.08. The van der Waals surface area contributed by atoms with E-state index in [1.807, 2.05) is 0 Å². The Bertz CT molecular complexity index is 927. The van der Waals surface area contributed by atoms with Gasteiger partial charge in [0.1, 0.15) is 11.6 Å². The Morgan fingerprint density at radius 1 is 1.23 bits per heavy atom. The first-order chi connectivity index (χ1) is 12.4. The van der Waals surface area contributed by atoms with E-state index in [1.165, 1.54) is 17.6 Å². The van der Waals surface area contributed by atoms with Crippen molar-refractivity contribution in [3.63, 3.8) is 0 Å². The smallest absolute Gasteiger partial charge is 0.424 e. The Morgan fingerprint density at radius 3 is 2.81 bits per heavy atom. The summed E-state index contributed by atoms with van der Waals surface area (Å²) in [6.07, 6.45) is -2.09. The van der Waals surface area contributed by atoms with Gasteiger partial charge >= 0.3 is 12.2 Å². The maximum Gasteiger partial charge on any atom is 0.433 e. The number of nitrogens with one attached hydrogen (secondary N) is 1. The molecule has 3 rings (SSSR count). The zero-order valence-electron chi connectivity index (χ0n) is 12.9. The molecular formula is C15H11F3N6OS. The second kappa shape index (κ2) is 7.35. The van der Waals surface area contributed by atoms with Gasteiger partial charge in [-0.15, -0.1) is 11.3 Å². The van der Waals surface area contributed by atoms with E-state index in [1.54, 1.807) is 29.6 Å². The molecule has 0 bridgehead atoms. The van der Waals surface area contributed by atoms with Crippen molar-refractivity contribution in [2.75, 3.05) is 11.2 Å². The third-order valence-electron chi connectivity index (χ3n) is 2.89. The normalized spacial score (nSPS) is 11.7. The predicted octanol–water partition coefficient (Wildman–Crippen LogP) is 3.77. The minimum atomic E-state index is -4.57. The summed E-state index contributed by atoms with van der Waals surface area (Å²) >= 11 is 1.30. The van der Waals surface area contributed by atoms with E-state index >= 15 is 0 Å². The molecule has 0 aliphatic heterocycles. The van der Waals surface area contributed by atoms with Gasteiger partial charge in [-0.3, -0.25) is 5.43 Å². The average molecular weight is 380 g/mol. The van der Waals surface area contributed by atoms with Crippen LogP contribution >= 0.6 is 11.3 Å². The van der Waals surface area contributed by atoms with Gasteiger partial charge in [0.15, 0.2) is 5.69 Å². The van der Waals surface area contributed by atoms with Gasteiger partial charge in [-0.1, -0.05) is 12.1 Å². The molecule has 134 valence electrons. The largest absolute Gasteiger partial charge is 0.433 e. The molecule has 7 nitrogen and oxygen atoms in total. The fraction of sp³-hybridized carbons (Fsp3) is 0.0667. The van der Waals surface area contributed by atoms with E-state index in [2.05, 4.69) is 25.5 Å². The Kier molecular flexibility index (Phi) is 4.98. The van der Waals surface area contributed by atoms with Crippen LogP contribution in [0.25, 0.3) is 0 Å². The standard InChI is InChI=1S/C15H11F3N6OS/c16-15(17,18)11-4-5-20-13(22-11)25-10-3-1-2-9(6-10)7-21-24-14-23-12(19)8-26-14/h1-8H,19H2,(H,23,24). The summed E-state index contributed by atoms with van der Waals surface area (Å²) in [4.78, 5) is 11.0. The number of hydrogen-bond acceptors (Lipinski definition) is 8. The Morgan fingerprint density at radius 2 is 2.08 bits per heavy atom. The van der Waals surface area contributed by atoms with E-state index in [-0.39, 0.29) is 5.75 Å². The van der Waals surface area contributed by atoms with Gasteiger partial charge in [0.05, 0.1) is 6.21 Å². The third-order valence-corrected chi connectivity index (χ3v) is 3.65. The minimum absolute atomic E-state index is 0.270. The summed E-state index contributed by atoms with van der Waals surface area (Å²) in [5, 5.41) is 6.20. The molecule has 0 saturated carbocycles. The number of hydrazone groups is 1. The highest BCUT2D eigenvalue weighted by molar-refractivity contribution is 7.14. The highest BCUT2D eigenvalue weighted by Gasteiger charge is 2.33. The van der Waals surface area contributed by atoms with Gasteiger partial charge in [-0.05, 0) is 23.8 Å². The van der Waals surface area contributed by atoms with Crippen LogP contribution in [0.3, 0.4) is 0 Å². The number of aromatic nitrogens is 3. The molecule has 0 aliphatic carbocycles. The molecule has 3 N–H and O–H groups in total. The van der Waals surface area contributed by atoms with Crippen LogP contribution in [0.5, 0.6) is 11.8 Å². The number of halogens is 3. The van der Waals surface area contributed by atoms with Gasteiger partial charge in [-0.2, -0.15) is 23.3 Å². The highest BCUT2D eigenvalue weighted by Crippen LogP contribution is 2.29. The van der Waals surface area contributed by atoms with Crippen molar-refractivity contribution in [2.45, 2.75) is 6.18 Å². The number of rotatable bonds is 5. The number of benzene rings is 1. The van der Waals surface area contributed by atoms with Crippen molar-refractivity contribution in [2.24, 2.45) is 5.10 Å².